The lowest BCUT2D eigenvalue weighted by Crippen LogP contribution is -2.33. The number of aliphatic hydroxyl groups excluding tert-OH is 1. The Bertz CT molecular complexity index is 761. The fourth-order valence-electron chi connectivity index (χ4n) is 3.50. The number of aliphatic hydroxyl groups is 1. The van der Waals surface area contributed by atoms with Gasteiger partial charge in [0.25, 0.3) is 0 Å². The topological polar surface area (TPSA) is 79.5 Å². The van der Waals surface area contributed by atoms with Crippen LogP contribution in [0.4, 0.5) is 0 Å². The summed E-state index contributed by atoms with van der Waals surface area (Å²) in [6.07, 6.45) is 0.702. The highest BCUT2D eigenvalue weighted by molar-refractivity contribution is 6.30. The summed E-state index contributed by atoms with van der Waals surface area (Å²) in [5.74, 6) is 1.15. The molecule has 24 heavy (non-hydrogen) atoms. The van der Waals surface area contributed by atoms with E-state index in [1.54, 1.807) is 11.8 Å². The number of aromatic nitrogens is 2. The molecule has 1 amide bonds. The summed E-state index contributed by atoms with van der Waals surface area (Å²) < 4.78 is 5.22. The van der Waals surface area contributed by atoms with Crippen LogP contribution in [0.15, 0.2) is 28.8 Å². The first-order valence-electron chi connectivity index (χ1n) is 8.07. The number of halogens is 1. The summed E-state index contributed by atoms with van der Waals surface area (Å²) in [6, 6.07) is 7.30. The normalized spacial score (nSPS) is 29.0. The van der Waals surface area contributed by atoms with Gasteiger partial charge in [0.2, 0.25) is 11.8 Å². The fraction of sp³-hybridized carbons (Fsp3) is 0.471. The molecule has 1 aliphatic heterocycles. The maximum atomic E-state index is 12.9. The fourth-order valence-corrected chi connectivity index (χ4v) is 3.63. The Morgan fingerprint density at radius 2 is 2.08 bits per heavy atom. The average molecular weight is 348 g/mol. The maximum Gasteiger partial charge on any atom is 0.249 e. The molecule has 2 fully saturated rings. The zero-order valence-corrected chi connectivity index (χ0v) is 14.0. The maximum absolute atomic E-state index is 12.9. The molecule has 2 heterocycles. The molecule has 6 nitrogen and oxygen atoms in total. The largest absolute Gasteiger partial charge is 0.391 e. The number of β-amino-alcohol motifs (C(OH)–C–C–N with tert-alkyl or cyclic N) is 1. The van der Waals surface area contributed by atoms with E-state index in [0.29, 0.717) is 29.7 Å². The van der Waals surface area contributed by atoms with Crippen LogP contribution in [0.5, 0.6) is 0 Å². The predicted molar refractivity (Wildman–Crippen MR) is 86.4 cm³/mol. The second-order valence-corrected chi connectivity index (χ2v) is 7.01. The summed E-state index contributed by atoms with van der Waals surface area (Å²) >= 11 is 5.92. The zero-order valence-electron chi connectivity index (χ0n) is 13.2. The van der Waals surface area contributed by atoms with E-state index in [9.17, 15) is 9.90 Å². The smallest absolute Gasteiger partial charge is 0.249 e. The van der Waals surface area contributed by atoms with Crippen LogP contribution in [-0.4, -0.2) is 38.7 Å². The molecule has 1 aromatic carbocycles. The van der Waals surface area contributed by atoms with Gasteiger partial charge in [-0.25, -0.2) is 0 Å². The minimum absolute atomic E-state index is 0.0485. The minimum Gasteiger partial charge on any atom is -0.391 e. The Kier molecular flexibility index (Phi) is 3.81. The zero-order chi connectivity index (χ0) is 16.8. The van der Waals surface area contributed by atoms with Crippen molar-refractivity contribution in [2.75, 3.05) is 6.54 Å². The van der Waals surface area contributed by atoms with Gasteiger partial charge < -0.3 is 14.5 Å². The third-order valence-corrected chi connectivity index (χ3v) is 5.05. The van der Waals surface area contributed by atoms with Crippen LogP contribution in [0.2, 0.25) is 5.02 Å². The number of benzene rings is 1. The van der Waals surface area contributed by atoms with Gasteiger partial charge in [-0.05, 0) is 37.0 Å². The van der Waals surface area contributed by atoms with Crippen LogP contribution >= 0.6 is 11.6 Å². The molecule has 4 atom stereocenters. The third-order valence-electron chi connectivity index (χ3n) is 4.80. The summed E-state index contributed by atoms with van der Waals surface area (Å²) in [7, 11) is 0. The predicted octanol–water partition coefficient (Wildman–Crippen LogP) is 2.47. The summed E-state index contributed by atoms with van der Waals surface area (Å²) in [6.45, 7) is 2.05. The van der Waals surface area contributed by atoms with E-state index in [1.807, 2.05) is 24.3 Å². The third kappa shape index (κ3) is 2.80. The van der Waals surface area contributed by atoms with Gasteiger partial charge in [0.15, 0.2) is 5.82 Å². The Hall–Kier alpha value is -1.92. The Morgan fingerprint density at radius 1 is 1.33 bits per heavy atom. The number of hydrogen-bond donors (Lipinski definition) is 1. The second kappa shape index (κ2) is 5.86. The molecule has 0 bridgehead atoms. The first kappa shape index (κ1) is 15.6. The van der Waals surface area contributed by atoms with Crippen molar-refractivity contribution in [3.05, 3.63) is 46.6 Å². The van der Waals surface area contributed by atoms with Gasteiger partial charge >= 0.3 is 0 Å². The first-order valence-corrected chi connectivity index (χ1v) is 8.45. The van der Waals surface area contributed by atoms with Gasteiger partial charge in [-0.3, -0.25) is 4.79 Å². The molecule has 7 heteroatoms. The Morgan fingerprint density at radius 3 is 2.75 bits per heavy atom. The Balaban J connectivity index is 1.50. The van der Waals surface area contributed by atoms with Crippen molar-refractivity contribution in [2.45, 2.75) is 37.8 Å². The molecule has 0 spiro atoms. The van der Waals surface area contributed by atoms with Gasteiger partial charge in [0, 0.05) is 23.9 Å². The summed E-state index contributed by atoms with van der Waals surface area (Å²) in [5.41, 5.74) is 1.13. The van der Waals surface area contributed by atoms with Crippen molar-refractivity contribution >= 4 is 17.5 Å². The lowest BCUT2D eigenvalue weighted by atomic mass is 10.1. The molecule has 1 saturated carbocycles. The van der Waals surface area contributed by atoms with E-state index >= 15 is 0 Å². The van der Waals surface area contributed by atoms with Crippen LogP contribution in [0.3, 0.4) is 0 Å². The molecule has 0 unspecified atom stereocenters. The Labute approximate surface area is 144 Å². The van der Waals surface area contributed by atoms with E-state index in [2.05, 4.69) is 10.1 Å². The molecule has 1 aliphatic carbocycles. The number of carbonyl (C=O) groups is 1. The molecule has 0 radical (unpaired) electrons. The molecule has 126 valence electrons. The number of amides is 1. The molecule has 1 aromatic heterocycles. The van der Waals surface area contributed by atoms with Crippen LogP contribution in [0.1, 0.15) is 42.1 Å². The van der Waals surface area contributed by atoms with Crippen molar-refractivity contribution in [1.82, 2.24) is 15.0 Å². The van der Waals surface area contributed by atoms with E-state index in [0.717, 1.165) is 12.0 Å². The quantitative estimate of drug-likeness (QED) is 0.922. The molecular weight excluding hydrogens is 330 g/mol. The van der Waals surface area contributed by atoms with Gasteiger partial charge in [-0.1, -0.05) is 28.9 Å². The number of hydrogen-bond acceptors (Lipinski definition) is 5. The van der Waals surface area contributed by atoms with Crippen LogP contribution in [0.25, 0.3) is 0 Å². The van der Waals surface area contributed by atoms with Gasteiger partial charge in [0.1, 0.15) is 6.04 Å². The average Bonchev–Trinajstić information content (AvgIpc) is 3.09. The number of likely N-dealkylation sites (tertiary alicyclic amines) is 1. The number of nitrogens with zero attached hydrogens (tertiary/aromatic N) is 3. The van der Waals surface area contributed by atoms with Crippen molar-refractivity contribution in [3.63, 3.8) is 0 Å². The summed E-state index contributed by atoms with van der Waals surface area (Å²) in [4.78, 5) is 18.8. The molecule has 4 rings (SSSR count). The standard InChI is InChI=1S/C17H18ClN3O3/c1-9-19-16(24-20-9)15-6-12(22)8-21(15)17(23)14-7-13(14)10-2-4-11(18)5-3-10/h2-5,12-15,22H,6-8H2,1H3/t12-,13-,14+,15+/m0/s1. The van der Waals surface area contributed by atoms with Crippen molar-refractivity contribution in [3.8, 4) is 0 Å². The first-order chi connectivity index (χ1) is 11.5. The van der Waals surface area contributed by atoms with Crippen LogP contribution < -0.4 is 0 Å². The molecule has 1 N–H and O–H groups in total. The highest BCUT2D eigenvalue weighted by atomic mass is 35.5. The summed E-state index contributed by atoms with van der Waals surface area (Å²) in [5, 5.41) is 14.5. The van der Waals surface area contributed by atoms with E-state index in [4.69, 9.17) is 16.1 Å². The van der Waals surface area contributed by atoms with E-state index in [-0.39, 0.29) is 23.8 Å². The highest BCUT2D eigenvalue weighted by Gasteiger charge is 2.49. The van der Waals surface area contributed by atoms with Crippen molar-refractivity contribution in [2.24, 2.45) is 5.92 Å². The van der Waals surface area contributed by atoms with Crippen molar-refractivity contribution < 1.29 is 14.4 Å². The molecule has 2 aliphatic rings. The second-order valence-electron chi connectivity index (χ2n) is 6.58. The molecule has 1 saturated heterocycles. The number of rotatable bonds is 3. The van der Waals surface area contributed by atoms with E-state index in [1.165, 1.54) is 0 Å². The lowest BCUT2D eigenvalue weighted by molar-refractivity contribution is -0.134. The number of carbonyl (C=O) groups excluding carboxylic acids is 1. The number of aryl methyl sites for hydroxylation is 1. The van der Waals surface area contributed by atoms with E-state index < -0.39 is 6.10 Å². The van der Waals surface area contributed by atoms with Gasteiger partial charge in [-0.15, -0.1) is 0 Å². The molecular formula is C17H18ClN3O3. The SMILES string of the molecule is Cc1noc([C@H]2C[C@H](O)CN2C(=O)[C@@H]2C[C@H]2c2ccc(Cl)cc2)n1. The lowest BCUT2D eigenvalue weighted by Gasteiger charge is -2.21. The highest BCUT2D eigenvalue weighted by Crippen LogP contribution is 2.50. The van der Waals surface area contributed by atoms with Crippen LogP contribution in [0, 0.1) is 12.8 Å². The van der Waals surface area contributed by atoms with Gasteiger partial charge in [-0.2, -0.15) is 4.98 Å². The molecule has 2 aromatic rings. The van der Waals surface area contributed by atoms with Gasteiger partial charge in [0.05, 0.1) is 6.10 Å². The minimum atomic E-state index is -0.557. The monoisotopic (exact) mass is 347 g/mol. The van der Waals surface area contributed by atoms with Crippen LogP contribution in [-0.2, 0) is 4.79 Å². The van der Waals surface area contributed by atoms with Crippen molar-refractivity contribution in [1.29, 1.82) is 0 Å².